The van der Waals surface area contributed by atoms with Gasteiger partial charge in [-0.3, -0.25) is 14.6 Å². The number of hydrogen-bond donors (Lipinski definition) is 0. The number of aromatic nitrogens is 2. The van der Waals surface area contributed by atoms with E-state index in [2.05, 4.69) is 9.97 Å². The van der Waals surface area contributed by atoms with Crippen molar-refractivity contribution in [1.29, 1.82) is 5.26 Å². The van der Waals surface area contributed by atoms with Crippen LogP contribution in [-0.4, -0.2) is 40.4 Å². The van der Waals surface area contributed by atoms with Gasteiger partial charge in [0.25, 0.3) is 5.91 Å². The van der Waals surface area contributed by atoms with Crippen LogP contribution in [0.5, 0.6) is 0 Å². The lowest BCUT2D eigenvalue weighted by atomic mass is 10.2. The molecule has 0 N–H and O–H groups in total. The number of nitriles is 1. The lowest BCUT2D eigenvalue weighted by Crippen LogP contribution is -2.42. The van der Waals surface area contributed by atoms with Crippen LogP contribution in [0.3, 0.4) is 0 Å². The van der Waals surface area contributed by atoms with E-state index in [-0.39, 0.29) is 17.3 Å². The Balaban J connectivity index is 1.82. The lowest BCUT2D eigenvalue weighted by molar-refractivity contribution is -0.141. The number of halogens is 3. The molecule has 1 saturated heterocycles. The van der Waals surface area contributed by atoms with E-state index in [4.69, 9.17) is 5.26 Å². The van der Waals surface area contributed by atoms with Crippen LogP contribution < -0.4 is 4.90 Å². The second kappa shape index (κ2) is 6.92. The van der Waals surface area contributed by atoms with Gasteiger partial charge in [-0.1, -0.05) is 6.07 Å². The molecule has 136 valence electrons. The monoisotopic (exact) mass is 381 g/mol. The van der Waals surface area contributed by atoms with Gasteiger partial charge in [0.15, 0.2) is 11.3 Å². The van der Waals surface area contributed by atoms with Crippen LogP contribution in [0.15, 0.2) is 23.6 Å². The molecule has 2 aromatic heterocycles. The summed E-state index contributed by atoms with van der Waals surface area (Å²) in [6.45, 7) is 0.540. The fourth-order valence-corrected chi connectivity index (χ4v) is 3.52. The molecule has 0 aliphatic carbocycles. The normalized spacial score (nSPS) is 17.2. The van der Waals surface area contributed by atoms with E-state index in [0.717, 1.165) is 23.8 Å². The van der Waals surface area contributed by atoms with Gasteiger partial charge >= 0.3 is 6.18 Å². The molecular weight excluding hydrogens is 367 g/mol. The van der Waals surface area contributed by atoms with E-state index < -0.39 is 17.9 Å². The van der Waals surface area contributed by atoms with Crippen LogP contribution >= 0.6 is 11.3 Å². The van der Waals surface area contributed by atoms with E-state index >= 15 is 0 Å². The maximum Gasteiger partial charge on any atom is 0.433 e. The Hall–Kier alpha value is -2.67. The van der Waals surface area contributed by atoms with Gasteiger partial charge in [0, 0.05) is 19.0 Å². The first-order valence-corrected chi connectivity index (χ1v) is 8.63. The third kappa shape index (κ3) is 3.48. The molecule has 0 aromatic carbocycles. The molecule has 1 aliphatic heterocycles. The second-order valence-corrected chi connectivity index (χ2v) is 6.61. The molecule has 1 atom stereocenters. The van der Waals surface area contributed by atoms with Crippen molar-refractivity contribution in [2.24, 2.45) is 0 Å². The summed E-state index contributed by atoms with van der Waals surface area (Å²) < 4.78 is 38.4. The average Bonchev–Trinajstić information content (AvgIpc) is 3.29. The predicted octanol–water partition coefficient (Wildman–Crippen LogP) is 3.13. The first kappa shape index (κ1) is 18.1. The zero-order chi connectivity index (χ0) is 18.9. The molecule has 2 aromatic rings. The Morgan fingerprint density at radius 1 is 1.38 bits per heavy atom. The third-order valence-corrected chi connectivity index (χ3v) is 4.99. The number of likely N-dealkylation sites (N-methyl/N-ethyl adjacent to an activating group) is 1. The van der Waals surface area contributed by atoms with E-state index in [9.17, 15) is 18.0 Å². The fraction of sp³-hybridized carbons (Fsp3) is 0.375. The third-order valence-electron chi connectivity index (χ3n) is 4.08. The molecule has 10 heteroatoms. The Morgan fingerprint density at radius 3 is 2.85 bits per heavy atom. The summed E-state index contributed by atoms with van der Waals surface area (Å²) in [4.78, 5) is 23.2. The lowest BCUT2D eigenvalue weighted by Gasteiger charge is -2.22. The molecule has 0 bridgehead atoms. The summed E-state index contributed by atoms with van der Waals surface area (Å²) in [6.07, 6.45) is -1.19. The largest absolute Gasteiger partial charge is 0.433 e. The van der Waals surface area contributed by atoms with Crippen LogP contribution in [0.2, 0.25) is 0 Å². The first-order chi connectivity index (χ1) is 12.3. The molecule has 6 nitrogen and oxygen atoms in total. The van der Waals surface area contributed by atoms with Gasteiger partial charge < -0.3 is 0 Å². The molecule has 1 amide bonds. The van der Waals surface area contributed by atoms with Crippen molar-refractivity contribution in [3.05, 3.63) is 29.3 Å². The molecule has 0 radical (unpaired) electrons. The SMILES string of the molecule is CN(C(=O)C1CCCN1C#N)c1nc(-c2cccc(C(F)(F)F)n2)cs1. The van der Waals surface area contributed by atoms with Gasteiger partial charge in [0.2, 0.25) is 0 Å². The van der Waals surface area contributed by atoms with E-state index in [1.165, 1.54) is 21.9 Å². The highest BCUT2D eigenvalue weighted by Crippen LogP contribution is 2.31. The van der Waals surface area contributed by atoms with E-state index in [1.807, 2.05) is 6.19 Å². The highest BCUT2D eigenvalue weighted by atomic mass is 32.1. The Bertz CT molecular complexity index is 860. The number of likely N-dealkylation sites (tertiary alicyclic amines) is 1. The van der Waals surface area contributed by atoms with Crippen molar-refractivity contribution < 1.29 is 18.0 Å². The number of hydrogen-bond acceptors (Lipinski definition) is 6. The number of amides is 1. The minimum Gasteiger partial charge on any atom is -0.298 e. The quantitative estimate of drug-likeness (QED) is 0.764. The Morgan fingerprint density at radius 2 is 2.15 bits per heavy atom. The highest BCUT2D eigenvalue weighted by molar-refractivity contribution is 7.14. The van der Waals surface area contributed by atoms with Gasteiger partial charge in [-0.15, -0.1) is 11.3 Å². The summed E-state index contributed by atoms with van der Waals surface area (Å²) in [5, 5.41) is 11.0. The van der Waals surface area contributed by atoms with Crippen molar-refractivity contribution >= 4 is 22.4 Å². The molecule has 0 spiro atoms. The van der Waals surface area contributed by atoms with Gasteiger partial charge in [-0.25, -0.2) is 9.97 Å². The van der Waals surface area contributed by atoms with Crippen LogP contribution in [0, 0.1) is 11.5 Å². The standard InChI is InChI=1S/C16H14F3N5OS/c1-23(14(25)12-5-3-7-24(12)9-20)15-22-11(8-26-15)10-4-2-6-13(21-10)16(17,18)19/h2,4,6,8,12H,3,5,7H2,1H3. The van der Waals surface area contributed by atoms with Crippen LogP contribution in [0.25, 0.3) is 11.4 Å². The van der Waals surface area contributed by atoms with Crippen molar-refractivity contribution in [2.75, 3.05) is 18.5 Å². The molecule has 1 fully saturated rings. The molecule has 0 saturated carbocycles. The number of thiazole rings is 1. The summed E-state index contributed by atoms with van der Waals surface area (Å²) in [6, 6.07) is 3.07. The van der Waals surface area contributed by atoms with Crippen molar-refractivity contribution in [1.82, 2.24) is 14.9 Å². The Kier molecular flexibility index (Phi) is 4.82. The first-order valence-electron chi connectivity index (χ1n) is 7.75. The number of nitrogens with zero attached hydrogens (tertiary/aromatic N) is 5. The number of anilines is 1. The maximum absolute atomic E-state index is 12.8. The van der Waals surface area contributed by atoms with Crippen LogP contribution in [0.4, 0.5) is 18.3 Å². The van der Waals surface area contributed by atoms with Gasteiger partial charge in [0.1, 0.15) is 17.4 Å². The minimum absolute atomic E-state index is 0.0858. The van der Waals surface area contributed by atoms with Crippen molar-refractivity contribution in [2.45, 2.75) is 25.1 Å². The van der Waals surface area contributed by atoms with Gasteiger partial charge in [-0.2, -0.15) is 18.4 Å². The van der Waals surface area contributed by atoms with Gasteiger partial charge in [0.05, 0.1) is 5.69 Å². The molecule has 26 heavy (non-hydrogen) atoms. The number of alkyl halides is 3. The van der Waals surface area contributed by atoms with Gasteiger partial charge in [-0.05, 0) is 25.0 Å². The molecular formula is C16H14F3N5OS. The number of carbonyl (C=O) groups excluding carboxylic acids is 1. The highest BCUT2D eigenvalue weighted by Gasteiger charge is 2.34. The number of carbonyl (C=O) groups is 1. The summed E-state index contributed by atoms with van der Waals surface area (Å²) in [5.74, 6) is -0.262. The smallest absolute Gasteiger partial charge is 0.298 e. The van der Waals surface area contributed by atoms with Crippen LogP contribution in [-0.2, 0) is 11.0 Å². The fourth-order valence-electron chi connectivity index (χ4n) is 2.73. The van der Waals surface area contributed by atoms with E-state index in [1.54, 1.807) is 12.4 Å². The molecule has 3 heterocycles. The predicted molar refractivity (Wildman–Crippen MR) is 89.1 cm³/mol. The van der Waals surface area contributed by atoms with Crippen LogP contribution in [0.1, 0.15) is 18.5 Å². The summed E-state index contributed by atoms with van der Waals surface area (Å²) in [7, 11) is 1.54. The molecule has 3 rings (SSSR count). The topological polar surface area (TPSA) is 73.1 Å². The minimum atomic E-state index is -4.54. The number of rotatable bonds is 3. The zero-order valence-electron chi connectivity index (χ0n) is 13.7. The Labute approximate surface area is 151 Å². The summed E-state index contributed by atoms with van der Waals surface area (Å²) in [5.41, 5.74) is -0.647. The van der Waals surface area contributed by atoms with Crippen molar-refractivity contribution in [3.8, 4) is 17.6 Å². The molecule has 1 aliphatic rings. The summed E-state index contributed by atoms with van der Waals surface area (Å²) >= 11 is 1.13. The number of pyridine rings is 1. The zero-order valence-corrected chi connectivity index (χ0v) is 14.5. The maximum atomic E-state index is 12.8. The van der Waals surface area contributed by atoms with E-state index in [0.29, 0.717) is 18.1 Å². The average molecular weight is 381 g/mol. The van der Waals surface area contributed by atoms with Crippen molar-refractivity contribution in [3.63, 3.8) is 0 Å². The second-order valence-electron chi connectivity index (χ2n) is 5.77. The molecule has 1 unspecified atom stereocenters.